The number of hydrogen-bond acceptors (Lipinski definition) is 7. The average molecular weight is 553 g/mol. The Hall–Kier alpha value is -3.46. The molecule has 1 saturated heterocycles. The van der Waals surface area contributed by atoms with Crippen LogP contribution >= 0.6 is 0 Å². The summed E-state index contributed by atoms with van der Waals surface area (Å²) in [5, 5.41) is 39.8. The maximum absolute atomic E-state index is 14.9. The van der Waals surface area contributed by atoms with E-state index in [2.05, 4.69) is 5.32 Å². The van der Waals surface area contributed by atoms with Crippen LogP contribution in [0.2, 0.25) is 0 Å². The van der Waals surface area contributed by atoms with Crippen molar-refractivity contribution in [1.82, 2.24) is 15.1 Å². The van der Waals surface area contributed by atoms with E-state index in [1.807, 2.05) is 6.92 Å². The first-order chi connectivity index (χ1) is 18.4. The fourth-order valence-electron chi connectivity index (χ4n) is 4.17. The van der Waals surface area contributed by atoms with Crippen molar-refractivity contribution in [3.05, 3.63) is 58.7 Å². The van der Waals surface area contributed by atoms with Crippen LogP contribution < -0.4 is 16.2 Å². The Kier molecular flexibility index (Phi) is 9.72. The summed E-state index contributed by atoms with van der Waals surface area (Å²) in [5.74, 6) is -9.12. The molecule has 10 nitrogen and oxygen atoms in total. The van der Waals surface area contributed by atoms with E-state index in [4.69, 9.17) is 0 Å². The maximum Gasteiger partial charge on any atom is 0.491 e. The molecule has 208 valence electrons. The lowest BCUT2D eigenvalue weighted by Gasteiger charge is -2.40. The number of unbranched alkanes of at least 4 members (excludes halogenated alkanes) is 1. The monoisotopic (exact) mass is 553 g/mol. The molecule has 1 heterocycles. The lowest BCUT2D eigenvalue weighted by molar-refractivity contribution is -0.127. The van der Waals surface area contributed by atoms with Crippen LogP contribution in [-0.2, 0) is 4.79 Å². The summed E-state index contributed by atoms with van der Waals surface area (Å²) >= 11 is 0. The number of carbonyl (C=O) groups excluding carboxylic acids is 3. The predicted molar refractivity (Wildman–Crippen MR) is 131 cm³/mol. The van der Waals surface area contributed by atoms with Crippen molar-refractivity contribution in [1.29, 1.82) is 0 Å². The van der Waals surface area contributed by atoms with Crippen LogP contribution in [0.5, 0.6) is 0 Å². The van der Waals surface area contributed by atoms with Gasteiger partial charge in [-0.25, -0.2) is 17.6 Å². The number of nitrogens with one attached hydrogen (secondary N) is 1. The number of benzene rings is 2. The Labute approximate surface area is 221 Å². The number of piperazine rings is 1. The minimum absolute atomic E-state index is 0.163. The molecule has 2 aromatic rings. The SMILES string of the molecule is CCCCNC(=O)C1CN(C(=O)c2c(F)ccc(B(O)O)c2F)CCN1C(=O)c1c(F)ccc(B(O)O)c1F. The normalized spacial score (nSPS) is 15.3. The number of hydrogen-bond donors (Lipinski definition) is 5. The van der Waals surface area contributed by atoms with E-state index in [0.29, 0.717) is 25.0 Å². The van der Waals surface area contributed by atoms with Gasteiger partial charge in [0.1, 0.15) is 40.4 Å². The van der Waals surface area contributed by atoms with Crippen LogP contribution in [0, 0.1) is 23.3 Å². The summed E-state index contributed by atoms with van der Waals surface area (Å²) in [6, 6.07) is 1.24. The van der Waals surface area contributed by atoms with E-state index in [-0.39, 0.29) is 6.54 Å². The Morgan fingerprint density at radius 3 is 1.87 bits per heavy atom. The minimum atomic E-state index is -2.36. The second-order valence-electron chi connectivity index (χ2n) is 8.81. The molecule has 0 aromatic heterocycles. The molecule has 3 rings (SSSR count). The van der Waals surface area contributed by atoms with Gasteiger partial charge < -0.3 is 35.2 Å². The van der Waals surface area contributed by atoms with E-state index < -0.39 is 103 Å². The summed E-state index contributed by atoms with van der Waals surface area (Å²) in [5.41, 5.74) is -3.82. The molecule has 0 saturated carbocycles. The van der Waals surface area contributed by atoms with Gasteiger partial charge in [-0.3, -0.25) is 14.4 Å². The highest BCUT2D eigenvalue weighted by molar-refractivity contribution is 6.59. The van der Waals surface area contributed by atoms with Crippen LogP contribution in [-0.4, -0.2) is 94.1 Å². The smallest absolute Gasteiger partial charge is 0.423 e. The van der Waals surface area contributed by atoms with Crippen LogP contribution in [0.25, 0.3) is 0 Å². The van der Waals surface area contributed by atoms with Crippen LogP contribution in [0.4, 0.5) is 17.6 Å². The van der Waals surface area contributed by atoms with Crippen molar-refractivity contribution in [2.75, 3.05) is 26.2 Å². The first kappa shape index (κ1) is 30.1. The fraction of sp³-hybridized carbons (Fsp3) is 0.348. The number of halogens is 4. The van der Waals surface area contributed by atoms with Crippen LogP contribution in [0.3, 0.4) is 0 Å². The molecule has 0 aliphatic carbocycles. The Morgan fingerprint density at radius 2 is 1.38 bits per heavy atom. The van der Waals surface area contributed by atoms with Crippen LogP contribution in [0.1, 0.15) is 40.5 Å². The quantitative estimate of drug-likeness (QED) is 0.152. The fourth-order valence-corrected chi connectivity index (χ4v) is 4.17. The molecule has 3 amide bonds. The summed E-state index contributed by atoms with van der Waals surface area (Å²) in [6.07, 6.45) is 1.23. The summed E-state index contributed by atoms with van der Waals surface area (Å²) in [4.78, 5) is 41.0. The second-order valence-corrected chi connectivity index (χ2v) is 8.81. The molecule has 1 aliphatic heterocycles. The van der Waals surface area contributed by atoms with Gasteiger partial charge in [-0.05, 0) is 18.6 Å². The van der Waals surface area contributed by atoms with Crippen molar-refractivity contribution in [2.45, 2.75) is 25.8 Å². The molecule has 0 spiro atoms. The van der Waals surface area contributed by atoms with Gasteiger partial charge in [0.25, 0.3) is 11.8 Å². The molecule has 1 fully saturated rings. The predicted octanol–water partition coefficient (Wildman–Crippen LogP) is -1.51. The highest BCUT2D eigenvalue weighted by Crippen LogP contribution is 2.22. The van der Waals surface area contributed by atoms with Crippen molar-refractivity contribution in [3.8, 4) is 0 Å². The van der Waals surface area contributed by atoms with E-state index in [1.165, 1.54) is 0 Å². The van der Waals surface area contributed by atoms with Gasteiger partial charge >= 0.3 is 14.2 Å². The van der Waals surface area contributed by atoms with Gasteiger partial charge in [0.15, 0.2) is 0 Å². The number of amides is 3. The summed E-state index contributed by atoms with van der Waals surface area (Å²) < 4.78 is 58.7. The number of carbonyl (C=O) groups is 3. The van der Waals surface area contributed by atoms with Crippen molar-refractivity contribution < 1.29 is 52.0 Å². The van der Waals surface area contributed by atoms with Crippen molar-refractivity contribution in [2.24, 2.45) is 0 Å². The van der Waals surface area contributed by atoms with Crippen LogP contribution in [0.15, 0.2) is 24.3 Å². The Balaban J connectivity index is 1.98. The van der Waals surface area contributed by atoms with Crippen molar-refractivity contribution in [3.63, 3.8) is 0 Å². The highest BCUT2D eigenvalue weighted by Gasteiger charge is 2.41. The molecular weight excluding hydrogens is 528 g/mol. The van der Waals surface area contributed by atoms with E-state index in [0.717, 1.165) is 21.9 Å². The molecule has 1 atom stereocenters. The first-order valence-corrected chi connectivity index (χ1v) is 12.0. The molecular formula is C23H25B2F4N3O7. The molecule has 1 unspecified atom stereocenters. The zero-order valence-electron chi connectivity index (χ0n) is 20.7. The van der Waals surface area contributed by atoms with E-state index >= 15 is 0 Å². The largest absolute Gasteiger partial charge is 0.491 e. The third-order valence-corrected chi connectivity index (χ3v) is 6.29. The van der Waals surface area contributed by atoms with Gasteiger partial charge in [0.2, 0.25) is 5.91 Å². The van der Waals surface area contributed by atoms with E-state index in [1.54, 1.807) is 0 Å². The van der Waals surface area contributed by atoms with Gasteiger partial charge in [-0.1, -0.05) is 25.5 Å². The molecule has 1 aliphatic rings. The Morgan fingerprint density at radius 1 is 0.872 bits per heavy atom. The van der Waals surface area contributed by atoms with Crippen molar-refractivity contribution >= 4 is 42.9 Å². The topological polar surface area (TPSA) is 151 Å². The maximum atomic E-state index is 14.9. The van der Waals surface area contributed by atoms with Gasteiger partial charge in [0, 0.05) is 30.6 Å². The molecule has 0 radical (unpaired) electrons. The van der Waals surface area contributed by atoms with Gasteiger partial charge in [-0.2, -0.15) is 0 Å². The zero-order chi connectivity index (χ0) is 29.0. The number of nitrogens with zero attached hydrogens (tertiary/aromatic N) is 2. The van der Waals surface area contributed by atoms with E-state index in [9.17, 15) is 52.0 Å². The summed E-state index contributed by atoms with van der Waals surface area (Å²) in [7, 11) is -4.71. The molecule has 0 bridgehead atoms. The third-order valence-electron chi connectivity index (χ3n) is 6.29. The zero-order valence-corrected chi connectivity index (χ0v) is 20.7. The standard InChI is InChI=1S/C23H25B2F4N3O7/c1-2-3-8-30-21(33)16-11-31(22(34)17-14(26)6-4-12(19(17)28)24(36)37)9-10-32(16)23(35)18-15(27)7-5-13(20(18)29)25(38)39/h4-7,16,36-39H,2-3,8-11H2,1H3,(H,30,33). The average Bonchev–Trinajstić information content (AvgIpc) is 2.87. The first-order valence-electron chi connectivity index (χ1n) is 12.0. The minimum Gasteiger partial charge on any atom is -0.423 e. The lowest BCUT2D eigenvalue weighted by atomic mass is 9.78. The summed E-state index contributed by atoms with van der Waals surface area (Å²) in [6.45, 7) is 0.472. The molecule has 2 aromatic carbocycles. The number of rotatable bonds is 8. The molecule has 16 heteroatoms. The highest BCUT2D eigenvalue weighted by atomic mass is 19.1. The Bertz CT molecular complexity index is 1270. The molecule has 39 heavy (non-hydrogen) atoms. The second kappa shape index (κ2) is 12.6. The molecule has 5 N–H and O–H groups in total. The third kappa shape index (κ3) is 6.24. The van der Waals surface area contributed by atoms with Gasteiger partial charge in [-0.15, -0.1) is 0 Å². The lowest BCUT2D eigenvalue weighted by Crippen LogP contribution is -2.62. The van der Waals surface area contributed by atoms with Gasteiger partial charge in [0.05, 0.1) is 6.54 Å².